The molecule has 2 heterocycles. The number of ether oxygens (including phenoxy) is 1. The molecular formula is C26H28FN3O3. The number of hydrogen-bond donors (Lipinski definition) is 1. The maximum atomic E-state index is 13.8. The zero-order valence-electron chi connectivity index (χ0n) is 18.9. The fourth-order valence-corrected chi connectivity index (χ4v) is 5.18. The van der Waals surface area contributed by atoms with Crippen LogP contribution in [0.4, 0.5) is 10.1 Å². The number of nitrogens with one attached hydrogen (secondary N) is 1. The van der Waals surface area contributed by atoms with Crippen molar-refractivity contribution >= 4 is 28.4 Å². The summed E-state index contributed by atoms with van der Waals surface area (Å²) in [5.74, 6) is -0.185. The highest BCUT2D eigenvalue weighted by Gasteiger charge is 2.49. The van der Waals surface area contributed by atoms with Crippen LogP contribution in [0.3, 0.4) is 0 Å². The number of fused-ring (bicyclic) bond motifs is 3. The van der Waals surface area contributed by atoms with E-state index in [0.717, 1.165) is 36.6 Å². The number of rotatable bonds is 4. The summed E-state index contributed by atoms with van der Waals surface area (Å²) in [5.41, 5.74) is 0.643. The maximum absolute atomic E-state index is 13.8. The number of anilines is 1. The van der Waals surface area contributed by atoms with Crippen LogP contribution < -0.4 is 15.0 Å². The first-order valence-corrected chi connectivity index (χ1v) is 11.5. The average Bonchev–Trinajstić information content (AvgIpc) is 3.18. The largest absolute Gasteiger partial charge is 0.497 e. The third-order valence-electron chi connectivity index (χ3n) is 7.01. The fraction of sp³-hybridized carbons (Fsp3) is 0.385. The number of nitrogens with zero attached hydrogens (tertiary/aromatic N) is 2. The number of halogens is 1. The number of carbonyl (C=O) groups is 2. The Morgan fingerprint density at radius 2 is 1.82 bits per heavy atom. The fourth-order valence-electron chi connectivity index (χ4n) is 5.18. The number of carbonyl (C=O) groups excluding carboxylic acids is 2. The molecule has 172 valence electrons. The standard InChI is InChI=1S/C26H28FN3O3/c1-26(25(32)28-19-6-4-3-5-7-19)16-29-22-15-21(33-2)13-8-17(22)14-23(29)24(31)30(26)20-11-9-18(27)10-12-20/h8-15,19H,3-7,16H2,1-2H3,(H,28,32). The molecule has 5 rings (SSSR count). The van der Waals surface area contributed by atoms with Crippen molar-refractivity contribution in [2.75, 3.05) is 12.0 Å². The van der Waals surface area contributed by atoms with E-state index in [0.29, 0.717) is 17.1 Å². The Balaban J connectivity index is 1.62. The van der Waals surface area contributed by atoms with Crippen molar-refractivity contribution in [1.82, 2.24) is 9.88 Å². The summed E-state index contributed by atoms with van der Waals surface area (Å²) in [5, 5.41) is 4.11. The molecule has 0 saturated heterocycles. The van der Waals surface area contributed by atoms with Crippen molar-refractivity contribution in [2.45, 2.75) is 57.2 Å². The van der Waals surface area contributed by atoms with E-state index in [-0.39, 0.29) is 24.4 Å². The molecule has 1 unspecified atom stereocenters. The van der Waals surface area contributed by atoms with Crippen molar-refractivity contribution in [3.63, 3.8) is 0 Å². The van der Waals surface area contributed by atoms with Gasteiger partial charge in [-0.15, -0.1) is 0 Å². The van der Waals surface area contributed by atoms with E-state index in [2.05, 4.69) is 5.32 Å². The summed E-state index contributed by atoms with van der Waals surface area (Å²) in [4.78, 5) is 29.1. The lowest BCUT2D eigenvalue weighted by atomic mass is 9.91. The van der Waals surface area contributed by atoms with E-state index in [4.69, 9.17) is 4.74 Å². The predicted octanol–water partition coefficient (Wildman–Crippen LogP) is 4.66. The van der Waals surface area contributed by atoms with Gasteiger partial charge < -0.3 is 14.6 Å². The van der Waals surface area contributed by atoms with Crippen LogP contribution >= 0.6 is 0 Å². The molecule has 1 aliphatic heterocycles. The summed E-state index contributed by atoms with van der Waals surface area (Å²) in [6.45, 7) is 2.07. The van der Waals surface area contributed by atoms with Crippen LogP contribution in [0.1, 0.15) is 49.5 Å². The molecule has 0 spiro atoms. The lowest BCUT2D eigenvalue weighted by Gasteiger charge is -2.44. The van der Waals surface area contributed by atoms with Gasteiger partial charge in [0.05, 0.1) is 19.2 Å². The summed E-state index contributed by atoms with van der Waals surface area (Å²) >= 11 is 0. The van der Waals surface area contributed by atoms with Gasteiger partial charge in [-0.1, -0.05) is 19.3 Å². The van der Waals surface area contributed by atoms with Crippen molar-refractivity contribution in [3.8, 4) is 5.75 Å². The molecule has 2 amide bonds. The first-order valence-electron chi connectivity index (χ1n) is 11.5. The smallest absolute Gasteiger partial charge is 0.275 e. The number of hydrogen-bond acceptors (Lipinski definition) is 3. The minimum Gasteiger partial charge on any atom is -0.497 e. The second-order valence-corrected chi connectivity index (χ2v) is 9.24. The SMILES string of the molecule is COc1ccc2cc3n(c2c1)CC(C)(C(=O)NC1CCCCC1)N(c1ccc(F)cc1)C3=O. The Kier molecular flexibility index (Phi) is 5.35. The molecule has 7 heteroatoms. The van der Waals surface area contributed by atoms with Crippen LogP contribution in [0.25, 0.3) is 10.9 Å². The second-order valence-electron chi connectivity index (χ2n) is 9.24. The molecular weight excluding hydrogens is 421 g/mol. The lowest BCUT2D eigenvalue weighted by Crippen LogP contribution is -2.65. The van der Waals surface area contributed by atoms with Crippen molar-refractivity contribution < 1.29 is 18.7 Å². The van der Waals surface area contributed by atoms with E-state index in [1.807, 2.05) is 28.8 Å². The molecule has 33 heavy (non-hydrogen) atoms. The normalized spacial score (nSPS) is 21.2. The molecule has 1 N–H and O–H groups in total. The van der Waals surface area contributed by atoms with Gasteiger partial charge in [0.25, 0.3) is 5.91 Å². The van der Waals surface area contributed by atoms with Gasteiger partial charge >= 0.3 is 0 Å². The number of amides is 2. The monoisotopic (exact) mass is 449 g/mol. The van der Waals surface area contributed by atoms with Crippen LogP contribution in [-0.4, -0.2) is 35.1 Å². The summed E-state index contributed by atoms with van der Waals surface area (Å²) in [7, 11) is 1.60. The van der Waals surface area contributed by atoms with Gasteiger partial charge in [0, 0.05) is 23.2 Å². The van der Waals surface area contributed by atoms with E-state index in [1.54, 1.807) is 26.2 Å². The first-order chi connectivity index (χ1) is 15.9. The summed E-state index contributed by atoms with van der Waals surface area (Å²) in [6.07, 6.45) is 5.26. The Morgan fingerprint density at radius 1 is 1.09 bits per heavy atom. The predicted molar refractivity (Wildman–Crippen MR) is 125 cm³/mol. The molecule has 1 saturated carbocycles. The quantitative estimate of drug-likeness (QED) is 0.630. The molecule has 6 nitrogen and oxygen atoms in total. The highest BCUT2D eigenvalue weighted by atomic mass is 19.1. The zero-order chi connectivity index (χ0) is 23.2. The van der Waals surface area contributed by atoms with Crippen LogP contribution in [0, 0.1) is 5.82 Å². The van der Waals surface area contributed by atoms with Gasteiger partial charge in [-0.3, -0.25) is 14.5 Å². The van der Waals surface area contributed by atoms with Gasteiger partial charge in [0.15, 0.2) is 0 Å². The van der Waals surface area contributed by atoms with Gasteiger partial charge in [-0.25, -0.2) is 4.39 Å². The maximum Gasteiger partial charge on any atom is 0.275 e. The van der Waals surface area contributed by atoms with Crippen molar-refractivity contribution in [1.29, 1.82) is 0 Å². The van der Waals surface area contributed by atoms with E-state index in [1.165, 1.54) is 23.5 Å². The third kappa shape index (κ3) is 3.65. The molecule has 1 aliphatic carbocycles. The molecule has 2 aromatic carbocycles. The molecule has 1 fully saturated rings. The zero-order valence-corrected chi connectivity index (χ0v) is 18.9. The molecule has 1 aromatic heterocycles. The van der Waals surface area contributed by atoms with Crippen LogP contribution in [-0.2, 0) is 11.3 Å². The third-order valence-corrected chi connectivity index (χ3v) is 7.01. The van der Waals surface area contributed by atoms with Gasteiger partial charge in [-0.2, -0.15) is 0 Å². The minimum absolute atomic E-state index is 0.108. The Hall–Kier alpha value is -3.35. The van der Waals surface area contributed by atoms with Crippen LogP contribution in [0.2, 0.25) is 0 Å². The first kappa shape index (κ1) is 21.5. The Bertz CT molecular complexity index is 1210. The average molecular weight is 450 g/mol. The highest BCUT2D eigenvalue weighted by molar-refractivity contribution is 6.14. The van der Waals surface area contributed by atoms with E-state index >= 15 is 0 Å². The minimum atomic E-state index is -1.19. The number of aromatic nitrogens is 1. The highest BCUT2D eigenvalue weighted by Crippen LogP contribution is 2.37. The lowest BCUT2D eigenvalue weighted by molar-refractivity contribution is -0.127. The second kappa shape index (κ2) is 8.21. The van der Waals surface area contributed by atoms with E-state index < -0.39 is 11.4 Å². The van der Waals surface area contributed by atoms with Gasteiger partial charge in [0.1, 0.15) is 22.8 Å². The molecule has 0 bridgehead atoms. The molecule has 2 aliphatic rings. The summed E-state index contributed by atoms with van der Waals surface area (Å²) < 4.78 is 21.0. The number of benzene rings is 2. The molecule has 0 radical (unpaired) electrons. The summed E-state index contributed by atoms with van der Waals surface area (Å²) in [6, 6.07) is 13.3. The van der Waals surface area contributed by atoms with Gasteiger partial charge in [0.2, 0.25) is 5.91 Å². The van der Waals surface area contributed by atoms with Crippen molar-refractivity contribution in [3.05, 3.63) is 60.0 Å². The molecule has 3 aromatic rings. The number of methoxy groups -OCH3 is 1. The molecule has 1 atom stereocenters. The topological polar surface area (TPSA) is 63.6 Å². The van der Waals surface area contributed by atoms with Crippen LogP contribution in [0.15, 0.2) is 48.5 Å². The van der Waals surface area contributed by atoms with E-state index in [9.17, 15) is 14.0 Å². The Labute approximate surface area is 192 Å². The van der Waals surface area contributed by atoms with Gasteiger partial charge in [-0.05, 0) is 62.2 Å². The van der Waals surface area contributed by atoms with Crippen molar-refractivity contribution in [2.24, 2.45) is 0 Å². The van der Waals surface area contributed by atoms with Crippen LogP contribution in [0.5, 0.6) is 5.75 Å². The Morgan fingerprint density at radius 3 is 2.52 bits per heavy atom.